The molecule has 2 amide bonds. The largest absolute Gasteiger partial charge is 0.335 e. The molecule has 4 nitrogen and oxygen atoms in total. The van der Waals surface area contributed by atoms with E-state index in [-0.39, 0.29) is 12.1 Å². The van der Waals surface area contributed by atoms with E-state index in [0.717, 1.165) is 16.5 Å². The number of nitrogens with one attached hydrogen (secondary N) is 2. The van der Waals surface area contributed by atoms with Crippen molar-refractivity contribution in [3.8, 4) is 0 Å². The molecule has 0 saturated carbocycles. The summed E-state index contributed by atoms with van der Waals surface area (Å²) < 4.78 is 0. The van der Waals surface area contributed by atoms with Gasteiger partial charge in [0.25, 0.3) is 0 Å². The Balaban J connectivity index is 2.33. The molecule has 0 aromatic carbocycles. The number of amides is 2. The number of carbonyl (C=O) groups excluding carboxylic acids is 1. The van der Waals surface area contributed by atoms with Crippen LogP contribution in [0.1, 0.15) is 22.5 Å². The standard InChI is InChI=1S/C11H19N3OS2/c1-7(6-16-4)13-11(15)12-5-10-14-8(2)9(3)17-10/h7H,5-6H2,1-4H3,(H2,12,13,15). The minimum atomic E-state index is -0.128. The summed E-state index contributed by atoms with van der Waals surface area (Å²) in [6.07, 6.45) is 2.03. The first-order chi connectivity index (χ1) is 8.02. The molecule has 1 atom stereocenters. The van der Waals surface area contributed by atoms with Crippen LogP contribution in [0.3, 0.4) is 0 Å². The Hall–Kier alpha value is -0.750. The zero-order valence-corrected chi connectivity index (χ0v) is 12.3. The first-order valence-electron chi connectivity index (χ1n) is 5.49. The van der Waals surface area contributed by atoms with Gasteiger partial charge in [-0.3, -0.25) is 0 Å². The number of aryl methyl sites for hydroxylation is 2. The third kappa shape index (κ3) is 4.95. The van der Waals surface area contributed by atoms with Crippen molar-refractivity contribution >= 4 is 29.1 Å². The summed E-state index contributed by atoms with van der Waals surface area (Å²) in [5, 5.41) is 6.65. The predicted octanol–water partition coefficient (Wildman–Crippen LogP) is 2.31. The molecule has 1 unspecified atom stereocenters. The summed E-state index contributed by atoms with van der Waals surface area (Å²) in [6.45, 7) is 6.51. The zero-order valence-electron chi connectivity index (χ0n) is 10.7. The van der Waals surface area contributed by atoms with Crippen LogP contribution in [0.4, 0.5) is 4.79 Å². The molecule has 0 aliphatic carbocycles. The fraction of sp³-hybridized carbons (Fsp3) is 0.636. The van der Waals surface area contributed by atoms with Crippen LogP contribution in [0, 0.1) is 13.8 Å². The van der Waals surface area contributed by atoms with Crippen molar-refractivity contribution in [3.63, 3.8) is 0 Å². The fourth-order valence-corrected chi connectivity index (χ4v) is 2.79. The highest BCUT2D eigenvalue weighted by atomic mass is 32.2. The smallest absolute Gasteiger partial charge is 0.315 e. The highest BCUT2D eigenvalue weighted by Gasteiger charge is 2.08. The van der Waals surface area contributed by atoms with E-state index >= 15 is 0 Å². The van der Waals surface area contributed by atoms with Crippen molar-refractivity contribution < 1.29 is 4.79 Å². The van der Waals surface area contributed by atoms with Crippen LogP contribution in [-0.4, -0.2) is 29.1 Å². The second-order valence-corrected chi connectivity index (χ2v) is 6.13. The number of rotatable bonds is 5. The average Bonchev–Trinajstić information content (AvgIpc) is 2.56. The van der Waals surface area contributed by atoms with E-state index in [9.17, 15) is 4.79 Å². The van der Waals surface area contributed by atoms with E-state index in [1.54, 1.807) is 23.1 Å². The van der Waals surface area contributed by atoms with Gasteiger partial charge >= 0.3 is 6.03 Å². The molecule has 0 aliphatic heterocycles. The Labute approximate surface area is 111 Å². The second-order valence-electron chi connectivity index (χ2n) is 3.93. The number of hydrogen-bond acceptors (Lipinski definition) is 4. The van der Waals surface area contributed by atoms with Crippen molar-refractivity contribution in [2.75, 3.05) is 12.0 Å². The summed E-state index contributed by atoms with van der Waals surface area (Å²) in [6, 6.07) is 0.0572. The van der Waals surface area contributed by atoms with Gasteiger partial charge in [-0.05, 0) is 27.0 Å². The van der Waals surface area contributed by atoms with Crippen LogP contribution in [-0.2, 0) is 6.54 Å². The Kier molecular flexibility index (Phi) is 5.77. The molecule has 96 valence electrons. The molecule has 0 aliphatic rings. The lowest BCUT2D eigenvalue weighted by Crippen LogP contribution is -2.41. The SMILES string of the molecule is CSCC(C)NC(=O)NCc1nc(C)c(C)s1. The number of carbonyl (C=O) groups is 1. The lowest BCUT2D eigenvalue weighted by atomic mass is 10.4. The van der Waals surface area contributed by atoms with Gasteiger partial charge in [0.15, 0.2) is 0 Å². The van der Waals surface area contributed by atoms with Gasteiger partial charge in [0.2, 0.25) is 0 Å². The maximum absolute atomic E-state index is 11.5. The predicted molar refractivity (Wildman–Crippen MR) is 74.8 cm³/mol. The van der Waals surface area contributed by atoms with Crippen molar-refractivity contribution in [3.05, 3.63) is 15.6 Å². The Morgan fingerprint density at radius 3 is 2.76 bits per heavy atom. The number of urea groups is 1. The summed E-state index contributed by atoms with van der Waals surface area (Å²) >= 11 is 3.35. The van der Waals surface area contributed by atoms with Crippen molar-refractivity contribution in [1.82, 2.24) is 15.6 Å². The average molecular weight is 273 g/mol. The molecule has 17 heavy (non-hydrogen) atoms. The van der Waals surface area contributed by atoms with Gasteiger partial charge in [-0.25, -0.2) is 9.78 Å². The molecule has 1 aromatic rings. The van der Waals surface area contributed by atoms with Crippen LogP contribution in [0.25, 0.3) is 0 Å². The third-order valence-electron chi connectivity index (χ3n) is 2.27. The molecule has 0 saturated heterocycles. The molecular weight excluding hydrogens is 254 g/mol. The monoisotopic (exact) mass is 273 g/mol. The van der Waals surface area contributed by atoms with E-state index in [2.05, 4.69) is 15.6 Å². The first kappa shape index (κ1) is 14.3. The van der Waals surface area contributed by atoms with Crippen LogP contribution >= 0.6 is 23.1 Å². The van der Waals surface area contributed by atoms with E-state index in [1.807, 2.05) is 27.0 Å². The molecule has 0 fully saturated rings. The molecule has 0 spiro atoms. The van der Waals surface area contributed by atoms with Gasteiger partial charge in [0, 0.05) is 16.7 Å². The van der Waals surface area contributed by atoms with Gasteiger partial charge in [-0.1, -0.05) is 0 Å². The van der Waals surface area contributed by atoms with E-state index < -0.39 is 0 Å². The minimum Gasteiger partial charge on any atom is -0.335 e. The highest BCUT2D eigenvalue weighted by Crippen LogP contribution is 2.15. The fourth-order valence-electron chi connectivity index (χ4n) is 1.34. The van der Waals surface area contributed by atoms with E-state index in [1.165, 1.54) is 4.88 Å². The number of nitrogens with zero attached hydrogens (tertiary/aromatic N) is 1. The Morgan fingerprint density at radius 1 is 1.53 bits per heavy atom. The molecule has 1 heterocycles. The summed E-state index contributed by atoms with van der Waals surface area (Å²) in [7, 11) is 0. The van der Waals surface area contributed by atoms with Crippen molar-refractivity contribution in [2.24, 2.45) is 0 Å². The summed E-state index contributed by atoms with van der Waals surface area (Å²) in [4.78, 5) is 17.1. The van der Waals surface area contributed by atoms with Gasteiger partial charge in [-0.2, -0.15) is 11.8 Å². The van der Waals surface area contributed by atoms with E-state index in [4.69, 9.17) is 0 Å². The summed E-state index contributed by atoms with van der Waals surface area (Å²) in [5.41, 5.74) is 1.04. The number of hydrogen-bond donors (Lipinski definition) is 2. The Bertz CT molecular complexity index is 359. The summed E-state index contributed by atoms with van der Waals surface area (Å²) in [5.74, 6) is 0.920. The Morgan fingerprint density at radius 2 is 2.24 bits per heavy atom. The van der Waals surface area contributed by atoms with Crippen molar-refractivity contribution in [1.29, 1.82) is 0 Å². The van der Waals surface area contributed by atoms with Gasteiger partial charge in [0.05, 0.1) is 12.2 Å². The van der Waals surface area contributed by atoms with E-state index in [0.29, 0.717) is 6.54 Å². The lowest BCUT2D eigenvalue weighted by molar-refractivity contribution is 0.238. The lowest BCUT2D eigenvalue weighted by Gasteiger charge is -2.12. The van der Waals surface area contributed by atoms with Gasteiger partial charge < -0.3 is 10.6 Å². The number of aromatic nitrogens is 1. The van der Waals surface area contributed by atoms with Crippen molar-refractivity contribution in [2.45, 2.75) is 33.4 Å². The first-order valence-corrected chi connectivity index (χ1v) is 7.70. The van der Waals surface area contributed by atoms with Crippen LogP contribution in [0.5, 0.6) is 0 Å². The van der Waals surface area contributed by atoms with Crippen LogP contribution in [0.15, 0.2) is 0 Å². The molecule has 6 heteroatoms. The normalized spacial score (nSPS) is 12.2. The van der Waals surface area contributed by atoms with Gasteiger partial charge in [0.1, 0.15) is 5.01 Å². The van der Waals surface area contributed by atoms with Crippen LogP contribution < -0.4 is 10.6 Å². The highest BCUT2D eigenvalue weighted by molar-refractivity contribution is 7.98. The van der Waals surface area contributed by atoms with Gasteiger partial charge in [-0.15, -0.1) is 11.3 Å². The topological polar surface area (TPSA) is 54.0 Å². The quantitative estimate of drug-likeness (QED) is 0.865. The zero-order chi connectivity index (χ0) is 12.8. The number of thioether (sulfide) groups is 1. The number of thiazole rings is 1. The van der Waals surface area contributed by atoms with Crippen LogP contribution in [0.2, 0.25) is 0 Å². The third-order valence-corrected chi connectivity index (χ3v) is 4.17. The maximum Gasteiger partial charge on any atom is 0.315 e. The second kappa shape index (κ2) is 6.86. The molecule has 1 aromatic heterocycles. The maximum atomic E-state index is 11.5. The molecule has 0 bridgehead atoms. The molecule has 2 N–H and O–H groups in total. The molecule has 0 radical (unpaired) electrons. The molecular formula is C11H19N3OS2. The minimum absolute atomic E-state index is 0.128. The molecule has 1 rings (SSSR count).